The molecule has 0 unspecified atom stereocenters. The van der Waals surface area contributed by atoms with Gasteiger partial charge in [0.25, 0.3) is 5.91 Å². The molecule has 8 heteroatoms. The summed E-state index contributed by atoms with van der Waals surface area (Å²) in [6.45, 7) is 4.29. The number of hydrogen-bond donors (Lipinski definition) is 1. The van der Waals surface area contributed by atoms with Gasteiger partial charge in [-0.25, -0.2) is 14.2 Å². The minimum absolute atomic E-state index is 0.248. The van der Waals surface area contributed by atoms with Gasteiger partial charge in [-0.3, -0.25) is 4.79 Å². The second kappa shape index (κ2) is 6.91. The van der Waals surface area contributed by atoms with Crippen molar-refractivity contribution in [3.63, 3.8) is 0 Å². The lowest BCUT2D eigenvalue weighted by Crippen LogP contribution is -2.12. The van der Waals surface area contributed by atoms with E-state index in [0.717, 1.165) is 11.3 Å². The lowest BCUT2D eigenvalue weighted by molar-refractivity contribution is 0.102. The van der Waals surface area contributed by atoms with Crippen LogP contribution in [-0.4, -0.2) is 30.3 Å². The molecule has 3 heterocycles. The number of anilines is 1. The molecule has 0 saturated heterocycles. The third-order valence-electron chi connectivity index (χ3n) is 4.04. The van der Waals surface area contributed by atoms with Crippen molar-refractivity contribution in [2.45, 2.75) is 20.6 Å². The van der Waals surface area contributed by atoms with Crippen molar-refractivity contribution in [1.29, 1.82) is 0 Å². The summed E-state index contributed by atoms with van der Waals surface area (Å²) in [7, 11) is 0. The second-order valence-electron chi connectivity index (χ2n) is 6.22. The molecule has 27 heavy (non-hydrogen) atoms. The van der Waals surface area contributed by atoms with Crippen LogP contribution >= 0.6 is 0 Å². The maximum absolute atomic E-state index is 12.4. The Morgan fingerprint density at radius 1 is 1.26 bits per heavy atom. The molecule has 136 valence electrons. The number of carbonyl (C=O) groups excluding carboxylic acids is 1. The molecule has 0 spiro atoms. The first-order chi connectivity index (χ1) is 13.1. The molecule has 1 N–H and O–H groups in total. The Morgan fingerprint density at radius 2 is 2.15 bits per heavy atom. The molecule has 1 aromatic carbocycles. The van der Waals surface area contributed by atoms with Crippen LogP contribution in [0.15, 0.2) is 55.1 Å². The predicted octanol–water partition coefficient (Wildman–Crippen LogP) is 2.83. The highest BCUT2D eigenvalue weighted by Crippen LogP contribution is 2.19. The zero-order valence-electron chi connectivity index (χ0n) is 15.0. The zero-order valence-corrected chi connectivity index (χ0v) is 15.0. The third kappa shape index (κ3) is 3.64. The van der Waals surface area contributed by atoms with E-state index in [-0.39, 0.29) is 18.3 Å². The van der Waals surface area contributed by atoms with Crippen LogP contribution in [0.4, 0.5) is 5.69 Å². The Hall–Kier alpha value is -3.68. The summed E-state index contributed by atoms with van der Waals surface area (Å²) in [5.74, 6) is 0.481. The van der Waals surface area contributed by atoms with Crippen LogP contribution in [0.25, 0.3) is 5.65 Å². The van der Waals surface area contributed by atoms with E-state index < -0.39 is 0 Å². The first-order valence-electron chi connectivity index (χ1n) is 8.43. The minimum Gasteiger partial charge on any atom is -0.471 e. The van der Waals surface area contributed by atoms with Gasteiger partial charge in [0.1, 0.15) is 5.75 Å². The molecule has 8 nitrogen and oxygen atoms in total. The van der Waals surface area contributed by atoms with Gasteiger partial charge < -0.3 is 10.1 Å². The van der Waals surface area contributed by atoms with Crippen LogP contribution in [-0.2, 0) is 6.73 Å². The summed E-state index contributed by atoms with van der Waals surface area (Å²) >= 11 is 0. The molecule has 0 fully saturated rings. The Labute approximate surface area is 155 Å². The average Bonchev–Trinajstić information content (AvgIpc) is 3.27. The van der Waals surface area contributed by atoms with Crippen LogP contribution in [0.1, 0.15) is 21.6 Å². The highest BCUT2D eigenvalue weighted by Gasteiger charge is 2.12. The van der Waals surface area contributed by atoms with E-state index in [1.165, 1.54) is 5.56 Å². The number of ether oxygens (including phenoxy) is 1. The van der Waals surface area contributed by atoms with E-state index in [1.54, 1.807) is 46.1 Å². The first kappa shape index (κ1) is 16.8. The summed E-state index contributed by atoms with van der Waals surface area (Å²) < 4.78 is 8.95. The van der Waals surface area contributed by atoms with Gasteiger partial charge in [0.05, 0.1) is 18.1 Å². The fraction of sp³-hybridized carbons (Fsp3) is 0.158. The topological polar surface area (TPSA) is 86.3 Å². The molecule has 0 saturated carbocycles. The van der Waals surface area contributed by atoms with E-state index in [0.29, 0.717) is 11.3 Å². The SMILES string of the molecule is Cc1ccc(OCn2cc(NC(=O)c3cc4ncccn4n3)cn2)c(C)c1. The predicted molar refractivity (Wildman–Crippen MR) is 99.7 cm³/mol. The first-order valence-corrected chi connectivity index (χ1v) is 8.43. The number of hydrogen-bond acceptors (Lipinski definition) is 5. The number of rotatable bonds is 5. The summed E-state index contributed by atoms with van der Waals surface area (Å²) in [5.41, 5.74) is 3.71. The molecular weight excluding hydrogens is 344 g/mol. The van der Waals surface area contributed by atoms with Gasteiger partial charge in [-0.2, -0.15) is 10.2 Å². The number of aromatic nitrogens is 5. The standard InChI is InChI=1S/C19H18N6O2/c1-13-4-5-17(14(2)8-13)27-12-24-11-15(10-21-24)22-19(26)16-9-18-20-6-3-7-25(18)23-16/h3-11H,12H2,1-2H3,(H,22,26). The summed E-state index contributed by atoms with van der Waals surface area (Å²) in [6.07, 6.45) is 6.66. The van der Waals surface area contributed by atoms with E-state index in [4.69, 9.17) is 4.74 Å². The summed E-state index contributed by atoms with van der Waals surface area (Å²) in [5, 5.41) is 11.2. The number of aryl methyl sites for hydroxylation is 2. The second-order valence-corrected chi connectivity index (χ2v) is 6.22. The van der Waals surface area contributed by atoms with Gasteiger partial charge in [-0.15, -0.1) is 0 Å². The molecular formula is C19H18N6O2. The smallest absolute Gasteiger partial charge is 0.276 e. The maximum atomic E-state index is 12.4. The fourth-order valence-corrected chi connectivity index (χ4v) is 2.73. The van der Waals surface area contributed by atoms with Gasteiger partial charge in [0.15, 0.2) is 18.1 Å². The Balaban J connectivity index is 1.40. The molecule has 4 aromatic rings. The maximum Gasteiger partial charge on any atom is 0.276 e. The summed E-state index contributed by atoms with van der Waals surface area (Å²) in [6, 6.07) is 9.38. The van der Waals surface area contributed by atoms with E-state index in [1.807, 2.05) is 26.0 Å². The third-order valence-corrected chi connectivity index (χ3v) is 4.04. The largest absolute Gasteiger partial charge is 0.471 e. The molecule has 0 aliphatic heterocycles. The normalized spacial score (nSPS) is 10.9. The minimum atomic E-state index is -0.324. The van der Waals surface area contributed by atoms with Crippen molar-refractivity contribution in [3.8, 4) is 5.75 Å². The van der Waals surface area contributed by atoms with Crippen LogP contribution in [0.5, 0.6) is 5.75 Å². The van der Waals surface area contributed by atoms with Gasteiger partial charge in [-0.1, -0.05) is 17.7 Å². The number of amides is 1. The zero-order chi connectivity index (χ0) is 18.8. The number of benzene rings is 1. The quantitative estimate of drug-likeness (QED) is 0.590. The number of nitrogens with one attached hydrogen (secondary N) is 1. The Morgan fingerprint density at radius 3 is 2.96 bits per heavy atom. The molecule has 0 atom stereocenters. The van der Waals surface area contributed by atoms with Crippen LogP contribution in [0.2, 0.25) is 0 Å². The van der Waals surface area contributed by atoms with Crippen molar-refractivity contribution < 1.29 is 9.53 Å². The fourth-order valence-electron chi connectivity index (χ4n) is 2.73. The van der Waals surface area contributed by atoms with E-state index >= 15 is 0 Å². The molecule has 0 aliphatic carbocycles. The molecule has 1 amide bonds. The average molecular weight is 362 g/mol. The highest BCUT2D eigenvalue weighted by atomic mass is 16.5. The number of carbonyl (C=O) groups is 1. The number of fused-ring (bicyclic) bond motifs is 1. The lowest BCUT2D eigenvalue weighted by atomic mass is 10.1. The van der Waals surface area contributed by atoms with Crippen molar-refractivity contribution in [2.24, 2.45) is 0 Å². The Bertz CT molecular complexity index is 1080. The molecule has 0 bridgehead atoms. The van der Waals surface area contributed by atoms with Crippen molar-refractivity contribution >= 4 is 17.2 Å². The van der Waals surface area contributed by atoms with Crippen molar-refractivity contribution in [1.82, 2.24) is 24.4 Å². The van der Waals surface area contributed by atoms with Gasteiger partial charge in [-0.05, 0) is 31.5 Å². The number of nitrogens with zero attached hydrogens (tertiary/aromatic N) is 5. The van der Waals surface area contributed by atoms with E-state index in [2.05, 4.69) is 26.6 Å². The molecule has 0 radical (unpaired) electrons. The van der Waals surface area contributed by atoms with Gasteiger partial charge in [0, 0.05) is 18.5 Å². The van der Waals surface area contributed by atoms with E-state index in [9.17, 15) is 4.79 Å². The van der Waals surface area contributed by atoms with Crippen molar-refractivity contribution in [2.75, 3.05) is 5.32 Å². The molecule has 0 aliphatic rings. The van der Waals surface area contributed by atoms with Crippen LogP contribution < -0.4 is 10.1 Å². The lowest BCUT2D eigenvalue weighted by Gasteiger charge is -2.09. The van der Waals surface area contributed by atoms with Crippen LogP contribution in [0.3, 0.4) is 0 Å². The van der Waals surface area contributed by atoms with Crippen LogP contribution in [0, 0.1) is 13.8 Å². The van der Waals surface area contributed by atoms with Crippen molar-refractivity contribution in [3.05, 3.63) is 71.9 Å². The van der Waals surface area contributed by atoms with Gasteiger partial charge in [0.2, 0.25) is 0 Å². The summed E-state index contributed by atoms with van der Waals surface area (Å²) in [4.78, 5) is 16.5. The Kier molecular flexibility index (Phi) is 4.29. The van der Waals surface area contributed by atoms with Gasteiger partial charge >= 0.3 is 0 Å². The highest BCUT2D eigenvalue weighted by molar-refractivity contribution is 6.03. The monoisotopic (exact) mass is 362 g/mol. The molecule has 4 rings (SSSR count). The molecule has 3 aromatic heterocycles.